The van der Waals surface area contributed by atoms with Crippen molar-refractivity contribution in [1.82, 2.24) is 10.2 Å². The third kappa shape index (κ3) is 3.54. The quantitative estimate of drug-likeness (QED) is 0.406. The molecule has 2 amide bonds. The van der Waals surface area contributed by atoms with Crippen molar-refractivity contribution in [3.63, 3.8) is 0 Å². The van der Waals surface area contributed by atoms with E-state index in [0.717, 1.165) is 5.56 Å². The Morgan fingerprint density at radius 1 is 1.34 bits per heavy atom. The van der Waals surface area contributed by atoms with Crippen LogP contribution in [0.3, 0.4) is 0 Å². The molecule has 174 valence electrons. The van der Waals surface area contributed by atoms with Gasteiger partial charge < -0.3 is 24.8 Å². The minimum absolute atomic E-state index is 0.181. The number of carbonyl (C=O) groups excluding carboxylic acids is 3. The average molecular weight is 509 g/mol. The lowest BCUT2D eigenvalue weighted by molar-refractivity contribution is -0.155. The second-order valence-corrected chi connectivity index (χ2v) is 9.79. The van der Waals surface area contributed by atoms with Gasteiger partial charge in [0.05, 0.1) is 37.2 Å². The van der Waals surface area contributed by atoms with Crippen molar-refractivity contribution in [3.8, 4) is 0 Å². The molecule has 2 N–H and O–H groups in total. The Morgan fingerprint density at radius 3 is 2.69 bits per heavy atom. The van der Waals surface area contributed by atoms with Gasteiger partial charge in [-0.3, -0.25) is 14.4 Å². The van der Waals surface area contributed by atoms with Crippen LogP contribution in [0, 0.1) is 11.8 Å². The molecule has 0 aromatic heterocycles. The van der Waals surface area contributed by atoms with Gasteiger partial charge in [-0.25, -0.2) is 0 Å². The zero-order valence-electron chi connectivity index (χ0n) is 18.2. The summed E-state index contributed by atoms with van der Waals surface area (Å²) in [6.07, 6.45) is 0.355. The Kier molecular flexibility index (Phi) is 6.61. The van der Waals surface area contributed by atoms with Crippen molar-refractivity contribution >= 4 is 33.7 Å². The van der Waals surface area contributed by atoms with Gasteiger partial charge >= 0.3 is 5.97 Å². The molecule has 1 aromatic carbocycles. The lowest BCUT2D eigenvalue weighted by Gasteiger charge is -2.36. The summed E-state index contributed by atoms with van der Waals surface area (Å²) in [7, 11) is 0. The number of hydrogen-bond donors (Lipinski definition) is 2. The summed E-state index contributed by atoms with van der Waals surface area (Å²) in [4.78, 5) is 41.3. The molecule has 1 aromatic rings. The third-order valence-corrected chi connectivity index (χ3v) is 7.76. The van der Waals surface area contributed by atoms with E-state index in [-0.39, 0.29) is 29.9 Å². The van der Waals surface area contributed by atoms with E-state index < -0.39 is 41.6 Å². The zero-order chi connectivity index (χ0) is 23.0. The van der Waals surface area contributed by atoms with Crippen LogP contribution in [-0.2, 0) is 30.4 Å². The predicted octanol–water partition coefficient (Wildman–Crippen LogP) is 1.38. The number of ether oxygens (including phenoxy) is 2. The number of rotatable bonds is 8. The molecular weight excluding hydrogens is 480 g/mol. The maximum atomic E-state index is 13.7. The topological polar surface area (TPSA) is 105 Å². The van der Waals surface area contributed by atoms with E-state index in [9.17, 15) is 19.5 Å². The number of alkyl halides is 1. The van der Waals surface area contributed by atoms with Crippen LogP contribution >= 0.6 is 15.9 Å². The maximum Gasteiger partial charge on any atom is 0.312 e. The number of aliphatic hydroxyl groups excluding tert-OH is 1. The van der Waals surface area contributed by atoms with Crippen LogP contribution in [0.1, 0.15) is 32.3 Å². The molecule has 4 rings (SSSR count). The molecule has 3 aliphatic rings. The number of carbonyl (C=O) groups is 3. The molecule has 0 radical (unpaired) electrons. The monoisotopic (exact) mass is 508 g/mol. The molecular formula is C23H29BrN2O6. The van der Waals surface area contributed by atoms with E-state index in [2.05, 4.69) is 21.2 Å². The average Bonchev–Trinajstić information content (AvgIpc) is 3.38. The van der Waals surface area contributed by atoms with Crippen molar-refractivity contribution in [2.24, 2.45) is 11.8 Å². The van der Waals surface area contributed by atoms with Crippen LogP contribution < -0.4 is 5.32 Å². The van der Waals surface area contributed by atoms with Gasteiger partial charge in [0.15, 0.2) is 0 Å². The number of nitrogens with zero attached hydrogens (tertiary/aromatic N) is 1. The molecule has 0 aliphatic carbocycles. The van der Waals surface area contributed by atoms with Crippen LogP contribution in [0.25, 0.3) is 0 Å². The lowest BCUT2D eigenvalue weighted by atomic mass is 9.70. The van der Waals surface area contributed by atoms with Crippen molar-refractivity contribution in [2.45, 2.75) is 61.8 Å². The number of halogens is 1. The third-order valence-electron chi connectivity index (χ3n) is 6.92. The summed E-state index contributed by atoms with van der Waals surface area (Å²) in [6, 6.07) is 8.01. The Hall–Kier alpha value is -1.97. The summed E-state index contributed by atoms with van der Waals surface area (Å²) in [6.45, 7) is 3.79. The van der Waals surface area contributed by atoms with Crippen molar-refractivity contribution in [2.75, 3.05) is 13.2 Å². The van der Waals surface area contributed by atoms with Crippen LogP contribution in [-0.4, -0.2) is 69.6 Å². The summed E-state index contributed by atoms with van der Waals surface area (Å²) >= 11 is 3.61. The van der Waals surface area contributed by atoms with Crippen molar-refractivity contribution < 1.29 is 29.0 Å². The van der Waals surface area contributed by atoms with Gasteiger partial charge in [0, 0.05) is 11.4 Å². The van der Waals surface area contributed by atoms with Gasteiger partial charge in [-0.15, -0.1) is 0 Å². The minimum Gasteiger partial charge on any atom is -0.466 e. The van der Waals surface area contributed by atoms with E-state index in [1.807, 2.05) is 37.3 Å². The number of hydrogen-bond acceptors (Lipinski definition) is 6. The molecule has 2 bridgehead atoms. The van der Waals surface area contributed by atoms with Crippen LogP contribution in [0.2, 0.25) is 0 Å². The molecule has 9 heteroatoms. The highest BCUT2D eigenvalue weighted by Crippen LogP contribution is 2.60. The summed E-state index contributed by atoms with van der Waals surface area (Å²) in [5, 5.41) is 12.9. The van der Waals surface area contributed by atoms with Gasteiger partial charge in [0.2, 0.25) is 11.8 Å². The highest BCUT2D eigenvalue weighted by molar-refractivity contribution is 9.09. The SMILES string of the molecule is CCOC(=O)[C@H]1[C@@H]2O[C@@]3(CC2Br)[C@@H]1C(=O)N([C@@H](CC)CO)[C@@H]3C(=O)NCc1ccccc1. The summed E-state index contributed by atoms with van der Waals surface area (Å²) in [5.41, 5.74) is -0.212. The highest BCUT2D eigenvalue weighted by atomic mass is 79.9. The molecule has 1 unspecified atom stereocenters. The summed E-state index contributed by atoms with van der Waals surface area (Å²) in [5.74, 6) is -2.75. The van der Waals surface area contributed by atoms with Crippen LogP contribution in [0.15, 0.2) is 30.3 Å². The first-order valence-corrected chi connectivity index (χ1v) is 12.0. The Bertz CT molecular complexity index is 878. The first-order chi connectivity index (χ1) is 15.4. The van der Waals surface area contributed by atoms with Gasteiger partial charge in [-0.2, -0.15) is 0 Å². The van der Waals surface area contributed by atoms with Crippen LogP contribution in [0.5, 0.6) is 0 Å². The molecule has 7 atom stereocenters. The fourth-order valence-electron chi connectivity index (χ4n) is 5.56. The molecule has 0 saturated carbocycles. The molecule has 3 fully saturated rings. The molecule has 3 aliphatic heterocycles. The van der Waals surface area contributed by atoms with Gasteiger partial charge in [0.1, 0.15) is 11.6 Å². The van der Waals surface area contributed by atoms with E-state index in [0.29, 0.717) is 19.4 Å². The van der Waals surface area contributed by atoms with E-state index in [1.54, 1.807) is 6.92 Å². The normalized spacial score (nSPS) is 33.8. The second kappa shape index (κ2) is 9.11. The first kappa shape index (κ1) is 23.2. The standard InChI is InChI=1S/C23H29BrN2O6/c1-3-14(12-27)26-19(20(28)25-11-13-8-6-5-7-9-13)23-10-15(24)18(32-23)16(17(23)21(26)29)22(30)31-4-2/h5-9,14-19,27H,3-4,10-12H2,1-2H3,(H,25,28)/t14-,15?,16+,17-,18+,19+,23-/m0/s1. The first-order valence-electron chi connectivity index (χ1n) is 11.1. The lowest BCUT2D eigenvalue weighted by Crippen LogP contribution is -2.58. The number of aliphatic hydroxyl groups is 1. The largest absolute Gasteiger partial charge is 0.466 e. The second-order valence-electron chi connectivity index (χ2n) is 8.61. The highest BCUT2D eigenvalue weighted by Gasteiger charge is 2.77. The molecule has 3 heterocycles. The fraction of sp³-hybridized carbons (Fsp3) is 0.609. The maximum absolute atomic E-state index is 13.7. The zero-order valence-corrected chi connectivity index (χ0v) is 19.8. The molecule has 8 nitrogen and oxygen atoms in total. The van der Waals surface area contributed by atoms with E-state index >= 15 is 0 Å². The molecule has 32 heavy (non-hydrogen) atoms. The number of amides is 2. The number of nitrogens with one attached hydrogen (secondary N) is 1. The van der Waals surface area contributed by atoms with Crippen molar-refractivity contribution in [3.05, 3.63) is 35.9 Å². The van der Waals surface area contributed by atoms with Gasteiger partial charge in [0.25, 0.3) is 0 Å². The molecule has 1 spiro atoms. The molecule has 3 saturated heterocycles. The Morgan fingerprint density at radius 2 is 2.06 bits per heavy atom. The minimum atomic E-state index is -1.14. The number of likely N-dealkylation sites (tertiary alicyclic amines) is 1. The van der Waals surface area contributed by atoms with Gasteiger partial charge in [-0.05, 0) is 25.3 Å². The van der Waals surface area contributed by atoms with Crippen molar-refractivity contribution in [1.29, 1.82) is 0 Å². The number of benzene rings is 1. The van der Waals surface area contributed by atoms with E-state index in [1.165, 1.54) is 4.90 Å². The number of esters is 1. The van der Waals surface area contributed by atoms with E-state index in [4.69, 9.17) is 9.47 Å². The predicted molar refractivity (Wildman–Crippen MR) is 119 cm³/mol. The number of fused-ring (bicyclic) bond motifs is 1. The smallest absolute Gasteiger partial charge is 0.312 e. The van der Waals surface area contributed by atoms with Gasteiger partial charge in [-0.1, -0.05) is 53.2 Å². The summed E-state index contributed by atoms with van der Waals surface area (Å²) < 4.78 is 11.6. The van der Waals surface area contributed by atoms with Crippen LogP contribution in [0.4, 0.5) is 0 Å². The Labute approximate surface area is 195 Å². The Balaban J connectivity index is 1.70. The fourth-order valence-corrected chi connectivity index (χ4v) is 6.51.